The van der Waals surface area contributed by atoms with E-state index in [1.54, 1.807) is 0 Å². The Hall–Kier alpha value is -1.71. The van der Waals surface area contributed by atoms with Crippen molar-refractivity contribution in [2.75, 3.05) is 5.32 Å². The molecule has 86 valence electrons. The molecule has 0 saturated heterocycles. The van der Waals surface area contributed by atoms with E-state index in [2.05, 4.69) is 47.3 Å². The van der Waals surface area contributed by atoms with Gasteiger partial charge in [0.05, 0.1) is 18.4 Å². The van der Waals surface area contributed by atoms with Crippen LogP contribution in [0, 0.1) is 0 Å². The van der Waals surface area contributed by atoms with E-state index in [9.17, 15) is 0 Å². The van der Waals surface area contributed by atoms with Gasteiger partial charge < -0.3 is 9.88 Å². The molecule has 2 aromatic heterocycles. The lowest BCUT2D eigenvalue weighted by atomic mass is 10.4. The molecule has 0 radical (unpaired) electrons. The van der Waals surface area contributed by atoms with E-state index >= 15 is 0 Å². The second kappa shape index (κ2) is 4.88. The Bertz CT molecular complexity index is 441. The minimum Gasteiger partial charge on any atom is -0.377 e. The standard InChI is InChI=1S/C12H18N4/c1-3-6-16-10-11(8-14-16)13-9-12-5-4-7-15(12)2/h4-5,7-8,10,13H,3,6,9H2,1-2H3. The Morgan fingerprint density at radius 1 is 1.44 bits per heavy atom. The molecule has 1 N–H and O–H groups in total. The molecule has 0 aliphatic rings. The first-order valence-corrected chi connectivity index (χ1v) is 5.66. The minimum atomic E-state index is 0.835. The van der Waals surface area contributed by atoms with Crippen LogP contribution in [0.15, 0.2) is 30.7 Å². The van der Waals surface area contributed by atoms with Gasteiger partial charge >= 0.3 is 0 Å². The maximum atomic E-state index is 4.28. The van der Waals surface area contributed by atoms with Gasteiger partial charge in [-0.2, -0.15) is 5.10 Å². The lowest BCUT2D eigenvalue weighted by molar-refractivity contribution is 0.603. The number of aromatic nitrogens is 3. The molecule has 0 fully saturated rings. The van der Waals surface area contributed by atoms with E-state index in [1.165, 1.54) is 5.69 Å². The number of hydrogen-bond acceptors (Lipinski definition) is 2. The van der Waals surface area contributed by atoms with Gasteiger partial charge in [0.1, 0.15) is 0 Å². The third-order valence-corrected chi connectivity index (χ3v) is 2.61. The monoisotopic (exact) mass is 218 g/mol. The van der Waals surface area contributed by atoms with Crippen LogP contribution >= 0.6 is 0 Å². The quantitative estimate of drug-likeness (QED) is 0.835. The molecule has 0 aliphatic carbocycles. The zero-order chi connectivity index (χ0) is 11.4. The number of aryl methyl sites for hydroxylation is 2. The second-order valence-electron chi connectivity index (χ2n) is 3.96. The van der Waals surface area contributed by atoms with Crippen LogP contribution in [0.2, 0.25) is 0 Å². The summed E-state index contributed by atoms with van der Waals surface area (Å²) in [5, 5.41) is 7.64. The van der Waals surface area contributed by atoms with Crippen LogP contribution in [-0.4, -0.2) is 14.3 Å². The van der Waals surface area contributed by atoms with Crippen molar-refractivity contribution in [2.24, 2.45) is 7.05 Å². The predicted octanol–water partition coefficient (Wildman–Crippen LogP) is 2.24. The highest BCUT2D eigenvalue weighted by atomic mass is 15.3. The summed E-state index contributed by atoms with van der Waals surface area (Å²) in [6, 6.07) is 4.17. The van der Waals surface area contributed by atoms with Crippen molar-refractivity contribution in [1.82, 2.24) is 14.3 Å². The van der Waals surface area contributed by atoms with E-state index in [4.69, 9.17) is 0 Å². The Kier molecular flexibility index (Phi) is 3.29. The van der Waals surface area contributed by atoms with Crippen molar-refractivity contribution in [3.63, 3.8) is 0 Å². The van der Waals surface area contributed by atoms with Crippen LogP contribution in [0.25, 0.3) is 0 Å². The lowest BCUT2D eigenvalue weighted by Gasteiger charge is -2.04. The topological polar surface area (TPSA) is 34.8 Å². The Morgan fingerprint density at radius 2 is 2.31 bits per heavy atom. The zero-order valence-electron chi connectivity index (χ0n) is 9.85. The molecule has 0 aromatic carbocycles. The molecular formula is C12H18N4. The van der Waals surface area contributed by atoms with E-state index in [1.807, 2.05) is 17.1 Å². The molecule has 4 nitrogen and oxygen atoms in total. The smallest absolute Gasteiger partial charge is 0.0729 e. The lowest BCUT2D eigenvalue weighted by Crippen LogP contribution is -2.03. The number of rotatable bonds is 5. The first-order valence-electron chi connectivity index (χ1n) is 5.66. The normalized spacial score (nSPS) is 10.6. The molecule has 0 aliphatic heterocycles. The summed E-state index contributed by atoms with van der Waals surface area (Å²) in [5.41, 5.74) is 2.35. The van der Waals surface area contributed by atoms with E-state index in [-0.39, 0.29) is 0 Å². The van der Waals surface area contributed by atoms with Gasteiger partial charge in [-0.05, 0) is 18.6 Å². The molecule has 0 bridgehead atoms. The van der Waals surface area contributed by atoms with Gasteiger partial charge in [0.15, 0.2) is 0 Å². The van der Waals surface area contributed by atoms with E-state index in [0.29, 0.717) is 0 Å². The SMILES string of the molecule is CCCn1cc(NCc2cccn2C)cn1. The molecule has 16 heavy (non-hydrogen) atoms. The fraction of sp³-hybridized carbons (Fsp3) is 0.417. The molecule has 0 spiro atoms. The van der Waals surface area contributed by atoms with Gasteiger partial charge in [0.25, 0.3) is 0 Å². The summed E-state index contributed by atoms with van der Waals surface area (Å²) >= 11 is 0. The van der Waals surface area contributed by atoms with Crippen molar-refractivity contribution in [3.05, 3.63) is 36.4 Å². The van der Waals surface area contributed by atoms with Crippen molar-refractivity contribution in [2.45, 2.75) is 26.4 Å². The first kappa shape index (κ1) is 10.8. The first-order chi connectivity index (χ1) is 7.79. The predicted molar refractivity (Wildman–Crippen MR) is 65.3 cm³/mol. The fourth-order valence-corrected chi connectivity index (χ4v) is 1.68. The van der Waals surface area contributed by atoms with Crippen LogP contribution in [0.1, 0.15) is 19.0 Å². The van der Waals surface area contributed by atoms with Crippen molar-refractivity contribution >= 4 is 5.69 Å². The van der Waals surface area contributed by atoms with Crippen LogP contribution < -0.4 is 5.32 Å². The molecule has 0 amide bonds. The van der Waals surface area contributed by atoms with Crippen molar-refractivity contribution in [1.29, 1.82) is 0 Å². The average molecular weight is 218 g/mol. The van der Waals surface area contributed by atoms with Crippen molar-refractivity contribution < 1.29 is 0 Å². The summed E-state index contributed by atoms with van der Waals surface area (Å²) in [4.78, 5) is 0. The Morgan fingerprint density at radius 3 is 3.00 bits per heavy atom. The molecule has 0 unspecified atom stereocenters. The highest BCUT2D eigenvalue weighted by molar-refractivity contribution is 5.38. The maximum absolute atomic E-state index is 4.28. The molecular weight excluding hydrogens is 200 g/mol. The van der Waals surface area contributed by atoms with Crippen LogP contribution in [0.5, 0.6) is 0 Å². The van der Waals surface area contributed by atoms with Crippen LogP contribution in [0.3, 0.4) is 0 Å². The van der Waals surface area contributed by atoms with E-state index < -0.39 is 0 Å². The number of nitrogens with zero attached hydrogens (tertiary/aromatic N) is 3. The third-order valence-electron chi connectivity index (χ3n) is 2.61. The van der Waals surface area contributed by atoms with Crippen LogP contribution in [0.4, 0.5) is 5.69 Å². The summed E-state index contributed by atoms with van der Waals surface area (Å²) in [6.45, 7) is 3.96. The fourth-order valence-electron chi connectivity index (χ4n) is 1.68. The number of nitrogens with one attached hydrogen (secondary N) is 1. The van der Waals surface area contributed by atoms with Crippen molar-refractivity contribution in [3.8, 4) is 0 Å². The molecule has 2 rings (SSSR count). The minimum absolute atomic E-state index is 0.835. The largest absolute Gasteiger partial charge is 0.377 e. The Balaban J connectivity index is 1.92. The highest BCUT2D eigenvalue weighted by Gasteiger charge is 1.99. The number of hydrogen-bond donors (Lipinski definition) is 1. The van der Waals surface area contributed by atoms with Gasteiger partial charge in [0, 0.05) is 31.7 Å². The summed E-state index contributed by atoms with van der Waals surface area (Å²) in [7, 11) is 2.05. The molecule has 0 saturated carbocycles. The number of anilines is 1. The average Bonchev–Trinajstić information content (AvgIpc) is 2.86. The molecule has 2 heterocycles. The molecule has 2 aromatic rings. The molecule has 0 atom stereocenters. The van der Waals surface area contributed by atoms with Crippen LogP contribution in [-0.2, 0) is 20.1 Å². The zero-order valence-corrected chi connectivity index (χ0v) is 9.85. The third kappa shape index (κ3) is 2.45. The van der Waals surface area contributed by atoms with Gasteiger partial charge in [0.2, 0.25) is 0 Å². The van der Waals surface area contributed by atoms with Gasteiger partial charge in [-0.1, -0.05) is 6.92 Å². The van der Waals surface area contributed by atoms with Gasteiger partial charge in [-0.3, -0.25) is 4.68 Å². The summed E-state index contributed by atoms with van der Waals surface area (Å²) < 4.78 is 4.08. The van der Waals surface area contributed by atoms with Gasteiger partial charge in [-0.15, -0.1) is 0 Å². The second-order valence-corrected chi connectivity index (χ2v) is 3.96. The highest BCUT2D eigenvalue weighted by Crippen LogP contribution is 2.08. The maximum Gasteiger partial charge on any atom is 0.0729 e. The molecule has 4 heteroatoms. The Labute approximate surface area is 95.9 Å². The summed E-state index contributed by atoms with van der Waals surface area (Å²) in [6.07, 6.45) is 7.08. The van der Waals surface area contributed by atoms with Gasteiger partial charge in [-0.25, -0.2) is 0 Å². The van der Waals surface area contributed by atoms with E-state index in [0.717, 1.165) is 25.2 Å². The summed E-state index contributed by atoms with van der Waals surface area (Å²) in [5.74, 6) is 0.